The average Bonchev–Trinajstić information content (AvgIpc) is 3.43. The van der Waals surface area contributed by atoms with Crippen LogP contribution in [0.5, 0.6) is 0 Å². The van der Waals surface area contributed by atoms with Crippen molar-refractivity contribution in [1.29, 1.82) is 0 Å². The number of ether oxygens (including phenoxy) is 1. The lowest BCUT2D eigenvalue weighted by Gasteiger charge is -2.24. The summed E-state index contributed by atoms with van der Waals surface area (Å²) >= 11 is 5.89. The summed E-state index contributed by atoms with van der Waals surface area (Å²) in [6.07, 6.45) is 1.71. The molecule has 0 aliphatic carbocycles. The smallest absolute Gasteiger partial charge is 0.322 e. The van der Waals surface area contributed by atoms with Crippen LogP contribution in [-0.2, 0) is 9.53 Å². The van der Waals surface area contributed by atoms with Gasteiger partial charge in [0, 0.05) is 43.0 Å². The summed E-state index contributed by atoms with van der Waals surface area (Å²) in [7, 11) is 1.52. The monoisotopic (exact) mass is 471 g/mol. The molecule has 1 aliphatic heterocycles. The van der Waals surface area contributed by atoms with Gasteiger partial charge in [-0.3, -0.25) is 4.79 Å². The Labute approximate surface area is 195 Å². The van der Waals surface area contributed by atoms with Crippen molar-refractivity contribution in [2.24, 2.45) is 0 Å². The standard InChI is InChI=1S/C23H23ClFN5O3/c1-14-9-10-30(28-14)17-7-8-20(19(25)11-17)27-22(31)21-12-18(33-2)13-29(21)23(32)26-16-5-3-15(24)4-6-16/h3-11,18,21H,12-13H2,1-2H3,(H,26,32)(H,27,31)/t18-,21?/m1/s1. The lowest BCUT2D eigenvalue weighted by molar-refractivity contribution is -0.119. The number of nitrogens with one attached hydrogen (secondary N) is 2. The molecule has 3 amide bonds. The van der Waals surface area contributed by atoms with Gasteiger partial charge in [0.2, 0.25) is 5.91 Å². The largest absolute Gasteiger partial charge is 0.380 e. The number of nitrogens with zero attached hydrogens (tertiary/aromatic N) is 3. The number of carbonyl (C=O) groups excluding carboxylic acids is 2. The van der Waals surface area contributed by atoms with Gasteiger partial charge in [-0.15, -0.1) is 0 Å². The molecule has 4 rings (SSSR count). The zero-order chi connectivity index (χ0) is 23.5. The van der Waals surface area contributed by atoms with Gasteiger partial charge in [-0.25, -0.2) is 13.9 Å². The second-order valence-corrected chi connectivity index (χ2v) is 8.19. The Morgan fingerprint density at radius 2 is 1.91 bits per heavy atom. The molecule has 2 N–H and O–H groups in total. The lowest BCUT2D eigenvalue weighted by Crippen LogP contribution is -2.45. The highest BCUT2D eigenvalue weighted by Crippen LogP contribution is 2.25. The third kappa shape index (κ3) is 5.15. The molecule has 172 valence electrons. The fourth-order valence-corrected chi connectivity index (χ4v) is 3.82. The highest BCUT2D eigenvalue weighted by atomic mass is 35.5. The van der Waals surface area contributed by atoms with Crippen LogP contribution in [0.4, 0.5) is 20.6 Å². The summed E-state index contributed by atoms with van der Waals surface area (Å²) in [5.74, 6) is -1.10. The Bertz CT molecular complexity index is 1170. The number of urea groups is 1. The van der Waals surface area contributed by atoms with Gasteiger partial charge in [0.15, 0.2) is 0 Å². The van der Waals surface area contributed by atoms with E-state index in [0.29, 0.717) is 22.8 Å². The summed E-state index contributed by atoms with van der Waals surface area (Å²) in [4.78, 5) is 27.3. The van der Waals surface area contributed by atoms with E-state index in [4.69, 9.17) is 16.3 Å². The number of anilines is 2. The molecular formula is C23H23ClFN5O3. The Morgan fingerprint density at radius 3 is 2.55 bits per heavy atom. The number of hydrogen-bond acceptors (Lipinski definition) is 4. The van der Waals surface area contributed by atoms with E-state index >= 15 is 0 Å². The number of halogens is 2. The van der Waals surface area contributed by atoms with Gasteiger partial charge < -0.3 is 20.3 Å². The minimum absolute atomic E-state index is 0.0200. The molecule has 1 aliphatic rings. The number of aryl methyl sites for hydroxylation is 1. The highest BCUT2D eigenvalue weighted by molar-refractivity contribution is 6.30. The van der Waals surface area contributed by atoms with Crippen LogP contribution in [0.15, 0.2) is 54.7 Å². The molecule has 1 unspecified atom stereocenters. The number of carbonyl (C=O) groups is 2. The Kier molecular flexibility index (Phi) is 6.62. The van der Waals surface area contributed by atoms with Crippen molar-refractivity contribution in [3.05, 3.63) is 71.3 Å². The van der Waals surface area contributed by atoms with Gasteiger partial charge in [-0.05, 0) is 49.4 Å². The van der Waals surface area contributed by atoms with Crippen LogP contribution in [0.2, 0.25) is 5.02 Å². The highest BCUT2D eigenvalue weighted by Gasteiger charge is 2.40. The van der Waals surface area contributed by atoms with Gasteiger partial charge in [0.25, 0.3) is 0 Å². The fraction of sp³-hybridized carbons (Fsp3) is 0.261. The second kappa shape index (κ2) is 9.60. The van der Waals surface area contributed by atoms with E-state index in [9.17, 15) is 14.0 Å². The zero-order valence-corrected chi connectivity index (χ0v) is 18.8. The van der Waals surface area contributed by atoms with Crippen LogP contribution in [0.1, 0.15) is 12.1 Å². The second-order valence-electron chi connectivity index (χ2n) is 7.75. The molecule has 2 heterocycles. The van der Waals surface area contributed by atoms with E-state index in [1.54, 1.807) is 41.2 Å². The molecule has 2 aromatic carbocycles. The SMILES string of the molecule is CO[C@@H]1CC(C(=O)Nc2ccc(-n3ccc(C)n3)cc2F)N(C(=O)Nc2ccc(Cl)cc2)C1. The number of likely N-dealkylation sites (tertiary alicyclic amines) is 1. The van der Waals surface area contributed by atoms with Crippen molar-refractivity contribution in [3.8, 4) is 5.69 Å². The van der Waals surface area contributed by atoms with Crippen molar-refractivity contribution < 1.29 is 18.7 Å². The first-order valence-electron chi connectivity index (χ1n) is 10.3. The number of aromatic nitrogens is 2. The van der Waals surface area contributed by atoms with Crippen LogP contribution < -0.4 is 10.6 Å². The summed E-state index contributed by atoms with van der Waals surface area (Å²) in [5, 5.41) is 10.1. The van der Waals surface area contributed by atoms with Gasteiger partial charge in [-0.1, -0.05) is 11.6 Å². The Morgan fingerprint density at radius 1 is 1.15 bits per heavy atom. The predicted molar refractivity (Wildman–Crippen MR) is 123 cm³/mol. The van der Waals surface area contributed by atoms with Crippen molar-refractivity contribution in [3.63, 3.8) is 0 Å². The molecule has 3 aromatic rings. The van der Waals surface area contributed by atoms with Crippen molar-refractivity contribution in [2.45, 2.75) is 25.5 Å². The zero-order valence-electron chi connectivity index (χ0n) is 18.1. The molecular weight excluding hydrogens is 449 g/mol. The summed E-state index contributed by atoms with van der Waals surface area (Å²) < 4.78 is 21.6. The Balaban J connectivity index is 1.48. The van der Waals surface area contributed by atoms with Crippen molar-refractivity contribution >= 4 is 34.9 Å². The van der Waals surface area contributed by atoms with Gasteiger partial charge in [0.05, 0.1) is 23.2 Å². The molecule has 33 heavy (non-hydrogen) atoms. The van der Waals surface area contributed by atoms with Crippen LogP contribution in [-0.4, -0.2) is 52.4 Å². The topological polar surface area (TPSA) is 88.5 Å². The van der Waals surface area contributed by atoms with E-state index in [1.165, 1.54) is 24.1 Å². The summed E-state index contributed by atoms with van der Waals surface area (Å²) in [5.41, 5.74) is 1.90. The van der Waals surface area contributed by atoms with Crippen LogP contribution in [0.3, 0.4) is 0 Å². The minimum atomic E-state index is -0.824. The maximum absolute atomic E-state index is 14.7. The molecule has 0 saturated carbocycles. The molecule has 8 nitrogen and oxygen atoms in total. The van der Waals surface area contributed by atoms with E-state index in [0.717, 1.165) is 5.69 Å². The van der Waals surface area contributed by atoms with E-state index in [-0.39, 0.29) is 18.3 Å². The predicted octanol–water partition coefficient (Wildman–Crippen LogP) is 4.23. The summed E-state index contributed by atoms with van der Waals surface area (Å²) in [6, 6.07) is 11.6. The minimum Gasteiger partial charge on any atom is -0.380 e. The Hall–Kier alpha value is -3.43. The van der Waals surface area contributed by atoms with Gasteiger partial charge in [0.1, 0.15) is 11.9 Å². The number of hydrogen-bond donors (Lipinski definition) is 2. The third-order valence-electron chi connectivity index (χ3n) is 5.45. The molecule has 0 radical (unpaired) electrons. The molecule has 1 aromatic heterocycles. The number of benzene rings is 2. The van der Waals surface area contributed by atoms with Gasteiger partial charge >= 0.3 is 6.03 Å². The third-order valence-corrected chi connectivity index (χ3v) is 5.70. The average molecular weight is 472 g/mol. The molecule has 1 saturated heterocycles. The first kappa shape index (κ1) is 22.8. The van der Waals surface area contributed by atoms with E-state index < -0.39 is 23.8 Å². The molecule has 1 fully saturated rings. The molecule has 0 spiro atoms. The maximum Gasteiger partial charge on any atom is 0.322 e. The van der Waals surface area contributed by atoms with Crippen molar-refractivity contribution in [2.75, 3.05) is 24.3 Å². The number of methoxy groups -OCH3 is 1. The van der Waals surface area contributed by atoms with Crippen molar-refractivity contribution in [1.82, 2.24) is 14.7 Å². The first-order valence-corrected chi connectivity index (χ1v) is 10.7. The van der Waals surface area contributed by atoms with Crippen LogP contribution in [0.25, 0.3) is 5.69 Å². The number of rotatable bonds is 5. The first-order chi connectivity index (χ1) is 15.8. The molecule has 2 atom stereocenters. The van der Waals surface area contributed by atoms with E-state index in [2.05, 4.69) is 15.7 Å². The summed E-state index contributed by atoms with van der Waals surface area (Å²) in [6.45, 7) is 2.07. The lowest BCUT2D eigenvalue weighted by atomic mass is 10.1. The van der Waals surface area contributed by atoms with E-state index in [1.807, 2.05) is 13.0 Å². The van der Waals surface area contributed by atoms with Crippen LogP contribution >= 0.6 is 11.6 Å². The fourth-order valence-electron chi connectivity index (χ4n) is 3.69. The van der Waals surface area contributed by atoms with Crippen LogP contribution in [0, 0.1) is 12.7 Å². The quantitative estimate of drug-likeness (QED) is 0.582. The normalized spacial score (nSPS) is 17.8. The van der Waals surface area contributed by atoms with Gasteiger partial charge in [-0.2, -0.15) is 5.10 Å². The maximum atomic E-state index is 14.7. The molecule has 10 heteroatoms. The number of amides is 3. The molecule has 0 bridgehead atoms.